The van der Waals surface area contributed by atoms with Crippen molar-refractivity contribution in [3.8, 4) is 5.75 Å². The van der Waals surface area contributed by atoms with Crippen molar-refractivity contribution in [1.82, 2.24) is 0 Å². The van der Waals surface area contributed by atoms with Crippen LogP contribution in [-0.4, -0.2) is 32.4 Å². The molecule has 0 aromatic heterocycles. The summed E-state index contributed by atoms with van der Waals surface area (Å²) in [5.41, 5.74) is 4.72. The van der Waals surface area contributed by atoms with E-state index in [1.807, 2.05) is 0 Å². The summed E-state index contributed by atoms with van der Waals surface area (Å²) in [6, 6.07) is 10.8. The van der Waals surface area contributed by atoms with Crippen LogP contribution in [0.15, 0.2) is 53.4 Å². The van der Waals surface area contributed by atoms with Gasteiger partial charge in [0.15, 0.2) is 4.90 Å². The number of carbonyl (C=O) groups is 1. The van der Waals surface area contributed by atoms with Crippen LogP contribution < -0.4 is 14.8 Å². The maximum absolute atomic E-state index is 13.0. The Morgan fingerprint density at radius 1 is 1.19 bits per heavy atom. The first-order valence-electron chi connectivity index (χ1n) is 7.54. The lowest BCUT2D eigenvalue weighted by atomic mass is 10.3. The van der Waals surface area contributed by atoms with Crippen LogP contribution in [0.25, 0.3) is 0 Å². The Balaban J connectivity index is 2.55. The largest absolute Gasteiger partial charge is 0.494 e. The van der Waals surface area contributed by atoms with E-state index >= 15 is 0 Å². The van der Waals surface area contributed by atoms with Crippen molar-refractivity contribution in [2.45, 2.75) is 11.8 Å². The molecular weight excluding hydrogens is 362 g/mol. The molecule has 0 bridgehead atoms. The third kappa shape index (κ3) is 4.09. The zero-order valence-electron chi connectivity index (χ0n) is 13.9. The number of para-hydroxylation sites is 1. The molecule has 0 saturated heterocycles. The molecule has 0 aliphatic carbocycles. The Bertz CT molecular complexity index is 912. The topological polar surface area (TPSA) is 133 Å². The van der Waals surface area contributed by atoms with Crippen molar-refractivity contribution in [1.29, 1.82) is 0 Å². The molecule has 0 saturated carbocycles. The second-order valence-electron chi connectivity index (χ2n) is 5.13. The summed E-state index contributed by atoms with van der Waals surface area (Å²) in [6.45, 7) is 1.56. The van der Waals surface area contributed by atoms with Crippen LogP contribution in [0.3, 0.4) is 0 Å². The van der Waals surface area contributed by atoms with Crippen molar-refractivity contribution in [2.24, 2.45) is 5.73 Å². The Morgan fingerprint density at radius 2 is 1.81 bits per heavy atom. The van der Waals surface area contributed by atoms with Crippen LogP contribution in [0.1, 0.15) is 6.92 Å². The fourth-order valence-electron chi connectivity index (χ4n) is 2.28. The lowest BCUT2D eigenvalue weighted by Gasteiger charge is -2.23. The molecule has 2 N–H and O–H groups in total. The monoisotopic (exact) mass is 379 g/mol. The molecule has 0 aliphatic rings. The first-order chi connectivity index (χ1) is 12.3. The molecule has 0 heterocycles. The third-order valence-electron chi connectivity index (χ3n) is 3.37. The maximum Gasteiger partial charge on any atom is 0.289 e. The summed E-state index contributed by atoms with van der Waals surface area (Å²) >= 11 is 0. The van der Waals surface area contributed by atoms with E-state index in [1.54, 1.807) is 6.92 Å². The molecule has 0 atom stereocenters. The first kappa shape index (κ1) is 19.2. The molecule has 26 heavy (non-hydrogen) atoms. The van der Waals surface area contributed by atoms with Crippen LogP contribution in [0.5, 0.6) is 5.75 Å². The highest BCUT2D eigenvalue weighted by Gasteiger charge is 2.32. The van der Waals surface area contributed by atoms with Gasteiger partial charge in [0.2, 0.25) is 5.91 Å². The number of carbonyl (C=O) groups excluding carboxylic acids is 1. The summed E-state index contributed by atoms with van der Waals surface area (Å²) in [5.74, 6) is -0.389. The van der Waals surface area contributed by atoms with Gasteiger partial charge in [0.05, 0.1) is 17.2 Å². The Kier molecular flexibility index (Phi) is 5.78. The fraction of sp³-hybridized carbons (Fsp3) is 0.188. The molecule has 1 amide bonds. The highest BCUT2D eigenvalue weighted by molar-refractivity contribution is 7.93. The van der Waals surface area contributed by atoms with E-state index in [1.165, 1.54) is 36.4 Å². The lowest BCUT2D eigenvalue weighted by Crippen LogP contribution is -2.38. The van der Waals surface area contributed by atoms with E-state index in [-0.39, 0.29) is 5.69 Å². The number of nitrogens with zero attached hydrogens (tertiary/aromatic N) is 2. The summed E-state index contributed by atoms with van der Waals surface area (Å²) in [6.07, 6.45) is 0. The minimum atomic E-state index is -4.40. The molecule has 10 heteroatoms. The average Bonchev–Trinajstić information content (AvgIpc) is 2.60. The van der Waals surface area contributed by atoms with Gasteiger partial charge >= 0.3 is 0 Å². The number of primary amides is 1. The van der Waals surface area contributed by atoms with Gasteiger partial charge in [0.1, 0.15) is 12.3 Å². The summed E-state index contributed by atoms with van der Waals surface area (Å²) < 4.78 is 32.0. The highest BCUT2D eigenvalue weighted by atomic mass is 32.2. The van der Waals surface area contributed by atoms with Crippen LogP contribution in [0.4, 0.5) is 11.4 Å². The number of nitrogens with two attached hydrogens (primary N) is 1. The number of nitro benzene ring substituents is 1. The number of hydrogen-bond donors (Lipinski definition) is 1. The van der Waals surface area contributed by atoms with Gasteiger partial charge in [0.25, 0.3) is 15.7 Å². The number of rotatable bonds is 8. The van der Waals surface area contributed by atoms with Gasteiger partial charge in [-0.2, -0.15) is 0 Å². The molecule has 0 fully saturated rings. The van der Waals surface area contributed by atoms with Crippen LogP contribution in [0, 0.1) is 10.1 Å². The molecule has 138 valence electrons. The van der Waals surface area contributed by atoms with Crippen LogP contribution in [0.2, 0.25) is 0 Å². The second kappa shape index (κ2) is 7.83. The first-order valence-corrected chi connectivity index (χ1v) is 8.98. The molecule has 0 radical (unpaired) electrons. The van der Waals surface area contributed by atoms with E-state index in [2.05, 4.69) is 0 Å². The number of ether oxygens (including phenoxy) is 1. The minimum absolute atomic E-state index is 0.130. The number of amides is 1. The molecule has 9 nitrogen and oxygen atoms in total. The fourth-order valence-corrected chi connectivity index (χ4v) is 3.87. The van der Waals surface area contributed by atoms with Crippen molar-refractivity contribution in [3.05, 3.63) is 58.6 Å². The summed E-state index contributed by atoms with van der Waals surface area (Å²) in [4.78, 5) is 21.3. The molecule has 2 aromatic rings. The zero-order valence-corrected chi connectivity index (χ0v) is 14.7. The third-order valence-corrected chi connectivity index (χ3v) is 5.19. The van der Waals surface area contributed by atoms with Gasteiger partial charge < -0.3 is 10.5 Å². The van der Waals surface area contributed by atoms with Crippen molar-refractivity contribution >= 4 is 27.3 Å². The Morgan fingerprint density at radius 3 is 2.35 bits per heavy atom. The highest BCUT2D eigenvalue weighted by Crippen LogP contribution is 2.30. The Labute approximate surface area is 150 Å². The van der Waals surface area contributed by atoms with Gasteiger partial charge in [-0.25, -0.2) is 8.42 Å². The standard InChI is InChI=1S/C16H17N3O6S/c1-2-25-13-9-7-12(8-10-13)18(11-16(17)20)26(23,24)15-6-4-3-5-14(15)19(21)22/h3-10H,2,11H2,1H3,(H2,17,20). The molecule has 2 aromatic carbocycles. The van der Waals surface area contributed by atoms with Crippen molar-refractivity contribution in [3.63, 3.8) is 0 Å². The van der Waals surface area contributed by atoms with Gasteiger partial charge in [-0.1, -0.05) is 12.1 Å². The maximum atomic E-state index is 13.0. The minimum Gasteiger partial charge on any atom is -0.494 e. The number of nitro groups is 1. The van der Waals surface area contributed by atoms with Crippen LogP contribution >= 0.6 is 0 Å². The van der Waals surface area contributed by atoms with Gasteiger partial charge in [-0.05, 0) is 37.3 Å². The normalized spacial score (nSPS) is 11.0. The number of benzene rings is 2. The molecule has 0 spiro atoms. The van der Waals surface area contributed by atoms with Gasteiger partial charge in [-0.15, -0.1) is 0 Å². The molecule has 2 rings (SSSR count). The number of sulfonamides is 1. The van der Waals surface area contributed by atoms with E-state index in [4.69, 9.17) is 10.5 Å². The predicted molar refractivity (Wildman–Crippen MR) is 94.4 cm³/mol. The van der Waals surface area contributed by atoms with E-state index in [9.17, 15) is 23.3 Å². The Hall–Kier alpha value is -3.14. The van der Waals surface area contributed by atoms with E-state index in [0.717, 1.165) is 16.4 Å². The molecular formula is C16H17N3O6S. The predicted octanol–water partition coefficient (Wildman–Crippen LogP) is 1.67. The zero-order chi connectivity index (χ0) is 19.3. The summed E-state index contributed by atoms with van der Waals surface area (Å²) in [5, 5.41) is 11.2. The van der Waals surface area contributed by atoms with E-state index in [0.29, 0.717) is 12.4 Å². The number of hydrogen-bond acceptors (Lipinski definition) is 6. The lowest BCUT2D eigenvalue weighted by molar-refractivity contribution is -0.387. The SMILES string of the molecule is CCOc1ccc(N(CC(N)=O)S(=O)(=O)c2ccccc2[N+](=O)[O-])cc1. The smallest absolute Gasteiger partial charge is 0.289 e. The number of anilines is 1. The van der Waals surface area contributed by atoms with Crippen molar-refractivity contribution < 1.29 is 22.9 Å². The second-order valence-corrected chi connectivity index (χ2v) is 6.96. The molecule has 0 aliphatic heterocycles. The van der Waals surface area contributed by atoms with Crippen molar-refractivity contribution in [2.75, 3.05) is 17.5 Å². The quantitative estimate of drug-likeness (QED) is 0.548. The van der Waals surface area contributed by atoms with Gasteiger partial charge in [0, 0.05) is 6.07 Å². The van der Waals surface area contributed by atoms with Crippen LogP contribution in [-0.2, 0) is 14.8 Å². The summed E-state index contributed by atoms with van der Waals surface area (Å²) in [7, 11) is -4.40. The average molecular weight is 379 g/mol. The molecule has 0 unspecified atom stereocenters. The van der Waals surface area contributed by atoms with E-state index < -0.39 is 38.0 Å². The van der Waals surface area contributed by atoms with Gasteiger partial charge in [-0.3, -0.25) is 19.2 Å².